The number of ether oxygens (including phenoxy) is 1. The highest BCUT2D eigenvalue weighted by molar-refractivity contribution is 5.88. The van der Waals surface area contributed by atoms with Crippen molar-refractivity contribution >= 4 is 11.5 Å². The number of hydrogen-bond donors (Lipinski definition) is 0. The molecular formula is C11H12N2O2. The molecule has 0 amide bonds. The molecule has 15 heavy (non-hydrogen) atoms. The van der Waals surface area contributed by atoms with E-state index in [9.17, 15) is 4.79 Å². The Morgan fingerprint density at radius 1 is 1.40 bits per heavy atom. The van der Waals surface area contributed by atoms with Gasteiger partial charge in [-0.2, -0.15) is 0 Å². The number of fused-ring (bicyclic) bond motifs is 1. The minimum atomic E-state index is -0.407. The third kappa shape index (κ3) is 1.48. The van der Waals surface area contributed by atoms with Crippen LogP contribution in [0.5, 0.6) is 0 Å². The molecule has 0 saturated heterocycles. The average molecular weight is 204 g/mol. The molecule has 2 heterocycles. The fraction of sp³-hybridized carbons (Fsp3) is 0.273. The highest BCUT2D eigenvalue weighted by atomic mass is 16.5. The first kappa shape index (κ1) is 9.71. The lowest BCUT2D eigenvalue weighted by atomic mass is 10.2. The van der Waals surface area contributed by atoms with E-state index in [-0.39, 0.29) is 0 Å². The molecule has 0 aromatic carbocycles. The normalized spacial score (nSPS) is 10.6. The SMILES string of the molecule is COC(=O)c1cc2c(C)cc(C)n2cn1. The molecule has 0 radical (unpaired) electrons. The summed E-state index contributed by atoms with van der Waals surface area (Å²) in [6.45, 7) is 4.00. The number of hydrogen-bond acceptors (Lipinski definition) is 3. The van der Waals surface area contributed by atoms with Crippen molar-refractivity contribution in [1.82, 2.24) is 9.38 Å². The Hall–Kier alpha value is -1.84. The third-order valence-corrected chi connectivity index (χ3v) is 2.45. The van der Waals surface area contributed by atoms with E-state index in [0.717, 1.165) is 16.8 Å². The Morgan fingerprint density at radius 3 is 2.80 bits per heavy atom. The number of aryl methyl sites for hydroxylation is 2. The number of carbonyl (C=O) groups is 1. The van der Waals surface area contributed by atoms with E-state index in [2.05, 4.69) is 15.8 Å². The van der Waals surface area contributed by atoms with E-state index < -0.39 is 5.97 Å². The van der Waals surface area contributed by atoms with Crippen molar-refractivity contribution in [2.24, 2.45) is 0 Å². The second-order valence-electron chi connectivity index (χ2n) is 3.49. The minimum absolute atomic E-state index is 0.339. The van der Waals surface area contributed by atoms with Crippen LogP contribution in [0.1, 0.15) is 21.7 Å². The van der Waals surface area contributed by atoms with Gasteiger partial charge in [0, 0.05) is 5.69 Å². The highest BCUT2D eigenvalue weighted by Gasteiger charge is 2.10. The molecule has 0 fully saturated rings. The maximum absolute atomic E-state index is 11.3. The molecule has 0 saturated carbocycles. The molecule has 4 nitrogen and oxygen atoms in total. The van der Waals surface area contributed by atoms with Crippen LogP contribution in [0.3, 0.4) is 0 Å². The Morgan fingerprint density at radius 2 is 2.13 bits per heavy atom. The molecule has 2 aromatic rings. The van der Waals surface area contributed by atoms with Gasteiger partial charge in [0.2, 0.25) is 0 Å². The lowest BCUT2D eigenvalue weighted by molar-refractivity contribution is 0.0594. The Bertz CT molecular complexity index is 529. The van der Waals surface area contributed by atoms with Gasteiger partial charge in [-0.3, -0.25) is 0 Å². The average Bonchev–Trinajstić information content (AvgIpc) is 2.53. The summed E-state index contributed by atoms with van der Waals surface area (Å²) < 4.78 is 6.57. The summed E-state index contributed by atoms with van der Waals surface area (Å²) in [5, 5.41) is 0. The number of esters is 1. The zero-order valence-electron chi connectivity index (χ0n) is 8.94. The molecule has 0 unspecified atom stereocenters. The fourth-order valence-electron chi connectivity index (χ4n) is 1.68. The fourth-order valence-corrected chi connectivity index (χ4v) is 1.68. The number of carbonyl (C=O) groups excluding carboxylic acids is 1. The number of aromatic nitrogens is 2. The number of methoxy groups -OCH3 is 1. The zero-order valence-corrected chi connectivity index (χ0v) is 8.94. The molecule has 0 spiro atoms. The summed E-state index contributed by atoms with van der Waals surface area (Å²) in [5.74, 6) is -0.407. The van der Waals surface area contributed by atoms with Gasteiger partial charge < -0.3 is 9.14 Å². The topological polar surface area (TPSA) is 43.6 Å². The van der Waals surface area contributed by atoms with Crippen LogP contribution in [0, 0.1) is 13.8 Å². The molecule has 0 aliphatic carbocycles. The largest absolute Gasteiger partial charge is 0.464 e. The van der Waals surface area contributed by atoms with Crippen LogP contribution in [-0.2, 0) is 4.74 Å². The van der Waals surface area contributed by atoms with Gasteiger partial charge in [-0.05, 0) is 31.5 Å². The highest BCUT2D eigenvalue weighted by Crippen LogP contribution is 2.15. The van der Waals surface area contributed by atoms with Crippen molar-refractivity contribution in [2.75, 3.05) is 7.11 Å². The molecule has 0 aliphatic rings. The van der Waals surface area contributed by atoms with Crippen molar-refractivity contribution in [2.45, 2.75) is 13.8 Å². The van der Waals surface area contributed by atoms with Gasteiger partial charge >= 0.3 is 5.97 Å². The Balaban J connectivity index is 2.65. The van der Waals surface area contributed by atoms with Gasteiger partial charge in [0.05, 0.1) is 12.6 Å². The van der Waals surface area contributed by atoms with Gasteiger partial charge in [-0.1, -0.05) is 0 Å². The Kier molecular flexibility index (Phi) is 2.19. The van der Waals surface area contributed by atoms with Crippen LogP contribution in [0.25, 0.3) is 5.52 Å². The van der Waals surface area contributed by atoms with Gasteiger partial charge in [0.1, 0.15) is 6.33 Å². The van der Waals surface area contributed by atoms with Crippen molar-refractivity contribution in [3.05, 3.63) is 35.4 Å². The van der Waals surface area contributed by atoms with E-state index in [4.69, 9.17) is 0 Å². The second-order valence-corrected chi connectivity index (χ2v) is 3.49. The summed E-state index contributed by atoms with van der Waals surface area (Å²) in [5.41, 5.74) is 3.56. The lowest BCUT2D eigenvalue weighted by Crippen LogP contribution is -2.05. The van der Waals surface area contributed by atoms with E-state index in [0.29, 0.717) is 5.69 Å². The molecule has 0 N–H and O–H groups in total. The summed E-state index contributed by atoms with van der Waals surface area (Å²) >= 11 is 0. The molecule has 4 heteroatoms. The first-order valence-corrected chi connectivity index (χ1v) is 4.66. The van der Waals surface area contributed by atoms with Crippen molar-refractivity contribution in [1.29, 1.82) is 0 Å². The maximum Gasteiger partial charge on any atom is 0.356 e. The molecule has 0 aliphatic heterocycles. The molecule has 0 atom stereocenters. The van der Waals surface area contributed by atoms with Crippen molar-refractivity contribution in [3.63, 3.8) is 0 Å². The smallest absolute Gasteiger partial charge is 0.356 e. The number of nitrogens with zero attached hydrogens (tertiary/aromatic N) is 2. The van der Waals surface area contributed by atoms with Gasteiger partial charge in [0.15, 0.2) is 5.69 Å². The van der Waals surface area contributed by atoms with Crippen LogP contribution < -0.4 is 0 Å². The second kappa shape index (κ2) is 3.38. The summed E-state index contributed by atoms with van der Waals surface area (Å²) in [6, 6.07) is 3.80. The summed E-state index contributed by atoms with van der Waals surface area (Å²) in [6.07, 6.45) is 1.64. The molecule has 2 rings (SSSR count). The standard InChI is InChI=1S/C11H12N2O2/c1-7-4-8(2)13-6-12-9(5-10(7)13)11(14)15-3/h4-6H,1-3H3. The van der Waals surface area contributed by atoms with Crippen LogP contribution in [-0.4, -0.2) is 22.5 Å². The van der Waals surface area contributed by atoms with Crippen molar-refractivity contribution in [3.8, 4) is 0 Å². The van der Waals surface area contributed by atoms with E-state index in [1.165, 1.54) is 7.11 Å². The van der Waals surface area contributed by atoms with Gasteiger partial charge in [0.25, 0.3) is 0 Å². The van der Waals surface area contributed by atoms with Gasteiger partial charge in [-0.25, -0.2) is 9.78 Å². The van der Waals surface area contributed by atoms with E-state index >= 15 is 0 Å². The first-order valence-electron chi connectivity index (χ1n) is 4.66. The van der Waals surface area contributed by atoms with Crippen molar-refractivity contribution < 1.29 is 9.53 Å². The minimum Gasteiger partial charge on any atom is -0.464 e. The lowest BCUT2D eigenvalue weighted by Gasteiger charge is -2.01. The van der Waals surface area contributed by atoms with Crippen LogP contribution in [0.4, 0.5) is 0 Å². The predicted octanol–water partition coefficient (Wildman–Crippen LogP) is 1.74. The van der Waals surface area contributed by atoms with Crippen LogP contribution >= 0.6 is 0 Å². The van der Waals surface area contributed by atoms with Crippen LogP contribution in [0.2, 0.25) is 0 Å². The zero-order chi connectivity index (χ0) is 11.0. The molecule has 2 aromatic heterocycles. The van der Waals surface area contributed by atoms with Crippen LogP contribution in [0.15, 0.2) is 18.5 Å². The van der Waals surface area contributed by atoms with E-state index in [1.54, 1.807) is 12.4 Å². The van der Waals surface area contributed by atoms with Gasteiger partial charge in [-0.15, -0.1) is 0 Å². The molecule has 0 bridgehead atoms. The quantitative estimate of drug-likeness (QED) is 0.664. The Labute approximate surface area is 87.5 Å². The maximum atomic E-state index is 11.3. The third-order valence-electron chi connectivity index (χ3n) is 2.45. The van der Waals surface area contributed by atoms with E-state index in [1.807, 2.05) is 18.2 Å². The summed E-state index contributed by atoms with van der Waals surface area (Å²) in [4.78, 5) is 15.3. The molecule has 78 valence electrons. The predicted molar refractivity (Wildman–Crippen MR) is 56.0 cm³/mol. The molecular weight excluding hydrogens is 192 g/mol. The first-order chi connectivity index (χ1) is 7.13. The monoisotopic (exact) mass is 204 g/mol. The number of rotatable bonds is 1. The summed E-state index contributed by atoms with van der Waals surface area (Å²) in [7, 11) is 1.35.